The number of hydrogen-bond acceptors (Lipinski definition) is 4. The van der Waals surface area contributed by atoms with Crippen molar-refractivity contribution in [1.29, 1.82) is 0 Å². The van der Waals surface area contributed by atoms with Crippen molar-refractivity contribution in [2.45, 2.75) is 19.8 Å². The zero-order chi connectivity index (χ0) is 12.3. The van der Waals surface area contributed by atoms with Crippen LogP contribution in [0.4, 0.5) is 0 Å². The highest BCUT2D eigenvalue weighted by atomic mass is 16.5. The normalized spacial score (nSPS) is 19.5. The van der Waals surface area contributed by atoms with Crippen molar-refractivity contribution >= 4 is 5.91 Å². The van der Waals surface area contributed by atoms with Gasteiger partial charge in [-0.1, -0.05) is 0 Å². The molecule has 0 spiro atoms. The Morgan fingerprint density at radius 1 is 1.41 bits per heavy atom. The Labute approximate surface area is 103 Å². The molecular weight excluding hydrogens is 220 g/mol. The van der Waals surface area contributed by atoms with Crippen molar-refractivity contribution < 1.29 is 14.3 Å². The van der Waals surface area contributed by atoms with Gasteiger partial charge in [-0.25, -0.2) is 0 Å². The van der Waals surface area contributed by atoms with Crippen molar-refractivity contribution in [2.24, 2.45) is 5.92 Å². The van der Waals surface area contributed by atoms with Gasteiger partial charge in [0.2, 0.25) is 5.91 Å². The first-order valence-corrected chi connectivity index (χ1v) is 6.45. The number of ether oxygens (including phenoxy) is 2. The summed E-state index contributed by atoms with van der Waals surface area (Å²) in [6.45, 7) is 6.73. The van der Waals surface area contributed by atoms with E-state index in [1.807, 2.05) is 6.92 Å². The molecule has 1 amide bonds. The SMILES string of the molecule is CCOCCOCC(=O)NCCC1CCNC1. The van der Waals surface area contributed by atoms with E-state index in [9.17, 15) is 4.79 Å². The van der Waals surface area contributed by atoms with Gasteiger partial charge < -0.3 is 20.1 Å². The van der Waals surface area contributed by atoms with Gasteiger partial charge in [-0.05, 0) is 38.8 Å². The van der Waals surface area contributed by atoms with Crippen molar-refractivity contribution in [3.05, 3.63) is 0 Å². The van der Waals surface area contributed by atoms with E-state index < -0.39 is 0 Å². The number of amides is 1. The van der Waals surface area contributed by atoms with Crippen LogP contribution in [0.25, 0.3) is 0 Å². The van der Waals surface area contributed by atoms with Gasteiger partial charge in [-0.3, -0.25) is 4.79 Å². The van der Waals surface area contributed by atoms with Gasteiger partial charge in [-0.2, -0.15) is 0 Å². The van der Waals surface area contributed by atoms with Gasteiger partial charge in [0.1, 0.15) is 6.61 Å². The van der Waals surface area contributed by atoms with Gasteiger partial charge in [0.25, 0.3) is 0 Å². The molecule has 5 heteroatoms. The number of carbonyl (C=O) groups is 1. The molecule has 0 aromatic rings. The molecule has 5 nitrogen and oxygen atoms in total. The number of hydrogen-bond donors (Lipinski definition) is 2. The summed E-state index contributed by atoms with van der Waals surface area (Å²) in [5.74, 6) is 0.682. The molecular formula is C12H24N2O3. The highest BCUT2D eigenvalue weighted by Crippen LogP contribution is 2.10. The van der Waals surface area contributed by atoms with Crippen molar-refractivity contribution in [1.82, 2.24) is 10.6 Å². The van der Waals surface area contributed by atoms with Crippen LogP contribution in [0.3, 0.4) is 0 Å². The maximum Gasteiger partial charge on any atom is 0.245 e. The Kier molecular flexibility index (Phi) is 7.96. The van der Waals surface area contributed by atoms with Gasteiger partial charge in [0, 0.05) is 13.2 Å². The van der Waals surface area contributed by atoms with E-state index in [-0.39, 0.29) is 12.5 Å². The predicted octanol–water partition coefficient (Wildman–Crippen LogP) is 0.155. The lowest BCUT2D eigenvalue weighted by Crippen LogP contribution is -2.30. The first-order valence-electron chi connectivity index (χ1n) is 6.45. The Balaban J connectivity index is 1.86. The highest BCUT2D eigenvalue weighted by molar-refractivity contribution is 5.77. The van der Waals surface area contributed by atoms with Crippen LogP contribution in [0.5, 0.6) is 0 Å². The molecule has 1 aliphatic rings. The minimum atomic E-state index is -0.0348. The Morgan fingerprint density at radius 2 is 2.24 bits per heavy atom. The first kappa shape index (κ1) is 14.4. The molecule has 1 aliphatic heterocycles. The van der Waals surface area contributed by atoms with E-state index in [1.54, 1.807) is 0 Å². The Hall–Kier alpha value is -0.650. The molecule has 2 N–H and O–H groups in total. The summed E-state index contributed by atoms with van der Waals surface area (Å²) in [5.41, 5.74) is 0. The summed E-state index contributed by atoms with van der Waals surface area (Å²) in [6.07, 6.45) is 2.28. The van der Waals surface area contributed by atoms with Gasteiger partial charge in [0.15, 0.2) is 0 Å². The number of carbonyl (C=O) groups excluding carboxylic acids is 1. The maximum atomic E-state index is 11.4. The summed E-state index contributed by atoms with van der Waals surface area (Å²) in [5, 5.41) is 6.18. The summed E-state index contributed by atoms with van der Waals surface area (Å²) >= 11 is 0. The zero-order valence-electron chi connectivity index (χ0n) is 10.7. The molecule has 0 bridgehead atoms. The molecule has 1 atom stereocenters. The molecule has 1 fully saturated rings. The van der Waals surface area contributed by atoms with Crippen LogP contribution in [-0.4, -0.2) is 52.0 Å². The number of nitrogens with one attached hydrogen (secondary N) is 2. The molecule has 0 aromatic heterocycles. The molecule has 100 valence electrons. The summed E-state index contributed by atoms with van der Waals surface area (Å²) in [6, 6.07) is 0. The minimum absolute atomic E-state index is 0.0348. The molecule has 1 saturated heterocycles. The van der Waals surface area contributed by atoms with E-state index in [4.69, 9.17) is 9.47 Å². The molecule has 0 radical (unpaired) electrons. The van der Waals surface area contributed by atoms with E-state index >= 15 is 0 Å². The average Bonchev–Trinajstić information content (AvgIpc) is 2.82. The molecule has 0 aromatic carbocycles. The minimum Gasteiger partial charge on any atom is -0.379 e. The Bertz CT molecular complexity index is 206. The summed E-state index contributed by atoms with van der Waals surface area (Å²) in [7, 11) is 0. The van der Waals surface area contributed by atoms with E-state index in [1.165, 1.54) is 6.42 Å². The van der Waals surface area contributed by atoms with Crippen LogP contribution >= 0.6 is 0 Å². The molecule has 0 aliphatic carbocycles. The summed E-state index contributed by atoms with van der Waals surface area (Å²) < 4.78 is 10.3. The standard InChI is InChI=1S/C12H24N2O3/c1-2-16-7-8-17-10-12(15)14-6-4-11-3-5-13-9-11/h11,13H,2-10H2,1H3,(H,14,15). The summed E-state index contributed by atoms with van der Waals surface area (Å²) in [4.78, 5) is 11.4. The fraction of sp³-hybridized carbons (Fsp3) is 0.917. The molecule has 1 heterocycles. The van der Waals surface area contributed by atoms with Crippen molar-refractivity contribution in [2.75, 3.05) is 46.1 Å². The first-order chi connectivity index (χ1) is 8.33. The van der Waals surface area contributed by atoms with Crippen molar-refractivity contribution in [3.63, 3.8) is 0 Å². The lowest BCUT2D eigenvalue weighted by atomic mass is 10.1. The van der Waals surface area contributed by atoms with Crippen LogP contribution in [0.1, 0.15) is 19.8 Å². The lowest BCUT2D eigenvalue weighted by molar-refractivity contribution is -0.126. The smallest absolute Gasteiger partial charge is 0.245 e. The highest BCUT2D eigenvalue weighted by Gasteiger charge is 2.13. The van der Waals surface area contributed by atoms with Crippen LogP contribution < -0.4 is 10.6 Å². The second-order valence-electron chi connectivity index (χ2n) is 4.25. The topological polar surface area (TPSA) is 59.6 Å². The van der Waals surface area contributed by atoms with E-state index in [2.05, 4.69) is 10.6 Å². The molecule has 1 unspecified atom stereocenters. The van der Waals surface area contributed by atoms with Crippen LogP contribution in [-0.2, 0) is 14.3 Å². The molecule has 1 rings (SSSR count). The second kappa shape index (κ2) is 9.39. The second-order valence-corrected chi connectivity index (χ2v) is 4.25. The van der Waals surface area contributed by atoms with Crippen LogP contribution in [0.15, 0.2) is 0 Å². The fourth-order valence-electron chi connectivity index (χ4n) is 1.85. The maximum absolute atomic E-state index is 11.4. The molecule has 17 heavy (non-hydrogen) atoms. The van der Waals surface area contributed by atoms with E-state index in [0.29, 0.717) is 25.7 Å². The predicted molar refractivity (Wildman–Crippen MR) is 65.9 cm³/mol. The van der Waals surface area contributed by atoms with E-state index in [0.717, 1.165) is 26.1 Å². The zero-order valence-corrected chi connectivity index (χ0v) is 10.7. The largest absolute Gasteiger partial charge is 0.379 e. The van der Waals surface area contributed by atoms with Gasteiger partial charge in [-0.15, -0.1) is 0 Å². The average molecular weight is 244 g/mol. The van der Waals surface area contributed by atoms with Gasteiger partial charge >= 0.3 is 0 Å². The fourth-order valence-corrected chi connectivity index (χ4v) is 1.85. The third-order valence-corrected chi connectivity index (χ3v) is 2.85. The number of rotatable bonds is 9. The Morgan fingerprint density at radius 3 is 2.94 bits per heavy atom. The van der Waals surface area contributed by atoms with Gasteiger partial charge in [0.05, 0.1) is 13.2 Å². The molecule has 0 saturated carbocycles. The third-order valence-electron chi connectivity index (χ3n) is 2.85. The quantitative estimate of drug-likeness (QED) is 0.567. The monoisotopic (exact) mass is 244 g/mol. The van der Waals surface area contributed by atoms with Crippen LogP contribution in [0, 0.1) is 5.92 Å². The third kappa shape index (κ3) is 7.31. The lowest BCUT2D eigenvalue weighted by Gasteiger charge is -2.09. The van der Waals surface area contributed by atoms with Crippen LogP contribution in [0.2, 0.25) is 0 Å². The van der Waals surface area contributed by atoms with Crippen molar-refractivity contribution in [3.8, 4) is 0 Å².